The third-order valence-electron chi connectivity index (χ3n) is 2.46. The molecule has 3 heteroatoms. The van der Waals surface area contributed by atoms with Crippen molar-refractivity contribution in [3.8, 4) is 10.4 Å². The molecular weight excluding hydrogens is 216 g/mol. The number of nitrogens with zero attached hydrogens (tertiary/aromatic N) is 1. The van der Waals surface area contributed by atoms with Crippen molar-refractivity contribution in [3.63, 3.8) is 0 Å². The Bertz CT molecular complexity index is 471. The number of hydrogen-bond donors (Lipinski definition) is 1. The molecule has 0 amide bonds. The van der Waals surface area contributed by atoms with Gasteiger partial charge in [0, 0.05) is 6.54 Å². The van der Waals surface area contributed by atoms with Gasteiger partial charge in [-0.1, -0.05) is 29.8 Å². The lowest BCUT2D eigenvalue weighted by Gasteiger charge is -2.02. The van der Waals surface area contributed by atoms with Gasteiger partial charge in [0.05, 0.1) is 15.6 Å². The Labute approximate surface area is 100 Å². The van der Waals surface area contributed by atoms with Gasteiger partial charge in [0.25, 0.3) is 0 Å². The molecule has 0 saturated heterocycles. The van der Waals surface area contributed by atoms with Gasteiger partial charge >= 0.3 is 0 Å². The molecule has 0 spiro atoms. The summed E-state index contributed by atoms with van der Waals surface area (Å²) < 4.78 is 0. The summed E-state index contributed by atoms with van der Waals surface area (Å²) in [6, 6.07) is 8.63. The van der Waals surface area contributed by atoms with Gasteiger partial charge in [-0.15, -0.1) is 11.3 Å². The number of hydrogen-bond acceptors (Lipinski definition) is 3. The van der Waals surface area contributed by atoms with Crippen molar-refractivity contribution < 1.29 is 0 Å². The molecule has 1 N–H and O–H groups in total. The Morgan fingerprint density at radius 2 is 1.88 bits per heavy atom. The zero-order valence-corrected chi connectivity index (χ0v) is 10.7. The average molecular weight is 232 g/mol. The standard InChI is InChI=1S/C13H16N2S/c1-9-4-6-11(7-5-9)13-12(8-14-3)15-10(2)16-13/h4-7,14H,8H2,1-3H3. The van der Waals surface area contributed by atoms with Crippen LogP contribution in [-0.2, 0) is 6.54 Å². The van der Waals surface area contributed by atoms with Crippen LogP contribution in [0.15, 0.2) is 24.3 Å². The maximum absolute atomic E-state index is 4.56. The van der Waals surface area contributed by atoms with Crippen LogP contribution in [0.3, 0.4) is 0 Å². The molecule has 0 fully saturated rings. The van der Waals surface area contributed by atoms with E-state index in [1.807, 2.05) is 7.05 Å². The molecule has 2 nitrogen and oxygen atoms in total. The zero-order valence-electron chi connectivity index (χ0n) is 9.87. The zero-order chi connectivity index (χ0) is 11.5. The topological polar surface area (TPSA) is 24.9 Å². The van der Waals surface area contributed by atoms with Crippen molar-refractivity contribution in [2.24, 2.45) is 0 Å². The minimum Gasteiger partial charge on any atom is -0.314 e. The summed E-state index contributed by atoms with van der Waals surface area (Å²) in [6.07, 6.45) is 0. The summed E-state index contributed by atoms with van der Waals surface area (Å²) in [4.78, 5) is 5.84. The Hall–Kier alpha value is -1.19. The van der Waals surface area contributed by atoms with E-state index in [1.165, 1.54) is 16.0 Å². The SMILES string of the molecule is CNCc1nc(C)sc1-c1ccc(C)cc1. The molecule has 0 bridgehead atoms. The molecule has 0 aliphatic rings. The van der Waals surface area contributed by atoms with Gasteiger partial charge in [0.1, 0.15) is 0 Å². The maximum Gasteiger partial charge on any atom is 0.0904 e. The molecule has 16 heavy (non-hydrogen) atoms. The van der Waals surface area contributed by atoms with Crippen molar-refractivity contribution in [1.82, 2.24) is 10.3 Å². The van der Waals surface area contributed by atoms with E-state index in [2.05, 4.69) is 48.4 Å². The van der Waals surface area contributed by atoms with Gasteiger partial charge < -0.3 is 5.32 Å². The number of aromatic nitrogens is 1. The highest BCUT2D eigenvalue weighted by atomic mass is 32.1. The number of aryl methyl sites for hydroxylation is 2. The molecule has 0 radical (unpaired) electrons. The third-order valence-corrected chi connectivity index (χ3v) is 3.52. The van der Waals surface area contributed by atoms with Crippen molar-refractivity contribution in [1.29, 1.82) is 0 Å². The smallest absolute Gasteiger partial charge is 0.0904 e. The number of nitrogens with one attached hydrogen (secondary N) is 1. The normalized spacial score (nSPS) is 10.7. The predicted molar refractivity (Wildman–Crippen MR) is 69.8 cm³/mol. The fourth-order valence-corrected chi connectivity index (χ4v) is 2.63. The number of thiazole rings is 1. The van der Waals surface area contributed by atoms with Crippen LogP contribution in [0, 0.1) is 13.8 Å². The molecular formula is C13H16N2S. The predicted octanol–water partition coefficient (Wildman–Crippen LogP) is 3.15. The fourth-order valence-electron chi connectivity index (χ4n) is 1.69. The molecule has 1 aromatic heterocycles. The van der Waals surface area contributed by atoms with Crippen LogP contribution in [0.25, 0.3) is 10.4 Å². The molecule has 0 aliphatic carbocycles. The summed E-state index contributed by atoms with van der Waals surface area (Å²) in [5, 5.41) is 4.29. The highest BCUT2D eigenvalue weighted by Gasteiger charge is 2.09. The highest BCUT2D eigenvalue weighted by molar-refractivity contribution is 7.15. The van der Waals surface area contributed by atoms with Gasteiger partial charge in [-0.3, -0.25) is 0 Å². The van der Waals surface area contributed by atoms with Crippen molar-refractivity contribution in [2.75, 3.05) is 7.05 Å². The van der Waals surface area contributed by atoms with Crippen molar-refractivity contribution >= 4 is 11.3 Å². The minimum absolute atomic E-state index is 0.827. The molecule has 0 saturated carbocycles. The van der Waals surface area contributed by atoms with Crippen molar-refractivity contribution in [2.45, 2.75) is 20.4 Å². The lowest BCUT2D eigenvalue weighted by molar-refractivity contribution is 0.796. The highest BCUT2D eigenvalue weighted by Crippen LogP contribution is 2.30. The Morgan fingerprint density at radius 1 is 1.19 bits per heavy atom. The first-order valence-electron chi connectivity index (χ1n) is 5.38. The molecule has 2 rings (SSSR count). The fraction of sp³-hybridized carbons (Fsp3) is 0.308. The van der Waals surface area contributed by atoms with E-state index in [1.54, 1.807) is 11.3 Å². The molecule has 1 heterocycles. The second-order valence-electron chi connectivity index (χ2n) is 3.91. The van der Waals surface area contributed by atoms with Crippen LogP contribution in [0.5, 0.6) is 0 Å². The third kappa shape index (κ3) is 2.31. The Balaban J connectivity index is 2.42. The molecule has 0 atom stereocenters. The van der Waals surface area contributed by atoms with Crippen LogP contribution in [0.4, 0.5) is 0 Å². The van der Waals surface area contributed by atoms with Crippen LogP contribution in [-0.4, -0.2) is 12.0 Å². The van der Waals surface area contributed by atoms with Crippen molar-refractivity contribution in [3.05, 3.63) is 40.5 Å². The van der Waals surface area contributed by atoms with E-state index in [0.717, 1.165) is 17.2 Å². The van der Waals surface area contributed by atoms with E-state index in [4.69, 9.17) is 0 Å². The summed E-state index contributed by atoms with van der Waals surface area (Å²) in [6.45, 7) is 4.99. The first-order chi connectivity index (χ1) is 7.70. The van der Waals surface area contributed by atoms with Gasteiger partial charge in [0.15, 0.2) is 0 Å². The molecule has 1 aromatic carbocycles. The maximum atomic E-state index is 4.56. The second-order valence-corrected chi connectivity index (χ2v) is 5.11. The van der Waals surface area contributed by atoms with E-state index in [9.17, 15) is 0 Å². The quantitative estimate of drug-likeness (QED) is 0.879. The van der Waals surface area contributed by atoms with Gasteiger partial charge in [-0.2, -0.15) is 0 Å². The van der Waals surface area contributed by atoms with E-state index < -0.39 is 0 Å². The van der Waals surface area contributed by atoms with E-state index in [0.29, 0.717) is 0 Å². The van der Waals surface area contributed by atoms with Crippen LogP contribution in [0.1, 0.15) is 16.3 Å². The molecule has 2 aromatic rings. The number of rotatable bonds is 3. The monoisotopic (exact) mass is 232 g/mol. The number of benzene rings is 1. The minimum atomic E-state index is 0.827. The summed E-state index contributed by atoms with van der Waals surface area (Å²) in [5.74, 6) is 0. The molecule has 0 unspecified atom stereocenters. The van der Waals surface area contributed by atoms with E-state index in [-0.39, 0.29) is 0 Å². The van der Waals surface area contributed by atoms with Crippen LogP contribution < -0.4 is 5.32 Å². The first-order valence-corrected chi connectivity index (χ1v) is 6.20. The summed E-state index contributed by atoms with van der Waals surface area (Å²) in [5.41, 5.74) is 3.70. The largest absolute Gasteiger partial charge is 0.314 e. The Kier molecular flexibility index (Phi) is 3.36. The summed E-state index contributed by atoms with van der Waals surface area (Å²) in [7, 11) is 1.95. The van der Waals surface area contributed by atoms with Gasteiger partial charge in [-0.05, 0) is 26.5 Å². The van der Waals surface area contributed by atoms with Gasteiger partial charge in [-0.25, -0.2) is 4.98 Å². The molecule has 84 valence electrons. The lowest BCUT2D eigenvalue weighted by Crippen LogP contribution is -2.06. The average Bonchev–Trinajstić information content (AvgIpc) is 2.61. The van der Waals surface area contributed by atoms with Crippen LogP contribution >= 0.6 is 11.3 Å². The van der Waals surface area contributed by atoms with Crippen LogP contribution in [0.2, 0.25) is 0 Å². The lowest BCUT2D eigenvalue weighted by atomic mass is 10.1. The Morgan fingerprint density at radius 3 is 2.50 bits per heavy atom. The molecule has 0 aliphatic heterocycles. The second kappa shape index (κ2) is 4.76. The van der Waals surface area contributed by atoms with E-state index >= 15 is 0 Å². The first kappa shape index (κ1) is 11.3. The summed E-state index contributed by atoms with van der Waals surface area (Å²) >= 11 is 1.76. The van der Waals surface area contributed by atoms with Gasteiger partial charge in [0.2, 0.25) is 0 Å².